The third-order valence-corrected chi connectivity index (χ3v) is 4.50. The highest BCUT2D eigenvalue weighted by Gasteiger charge is 2.38. The van der Waals surface area contributed by atoms with Crippen molar-refractivity contribution in [2.75, 3.05) is 19.1 Å². The Morgan fingerprint density at radius 3 is 2.15 bits per heavy atom. The normalized spacial score (nSPS) is 15.5. The van der Waals surface area contributed by atoms with Gasteiger partial charge >= 0.3 is 5.97 Å². The highest BCUT2D eigenvalue weighted by Crippen LogP contribution is 2.35. The number of rotatable bonds is 4. The number of Topliss-reactive ketones (excluding diaryl/α,β-unsaturated/α-hetero) is 1. The molecule has 2 aromatic rings. The number of anilines is 1. The Kier molecular flexibility index (Phi) is 5.12. The summed E-state index contributed by atoms with van der Waals surface area (Å²) in [6, 6.07) is 15.1. The number of allylic oxidation sites excluding steroid dienone is 2. The Morgan fingerprint density at radius 1 is 0.963 bits per heavy atom. The molecule has 0 aromatic heterocycles. The first-order chi connectivity index (χ1) is 13.0. The predicted octanol–water partition coefficient (Wildman–Crippen LogP) is 3.88. The fourth-order valence-corrected chi connectivity index (χ4v) is 3.04. The van der Waals surface area contributed by atoms with Gasteiger partial charge in [-0.15, -0.1) is 0 Å². The van der Waals surface area contributed by atoms with Gasteiger partial charge in [0.25, 0.3) is 0 Å². The molecule has 0 aliphatic carbocycles. The number of carbonyl (C=O) groups is 2. The van der Waals surface area contributed by atoms with E-state index in [1.54, 1.807) is 25.0 Å². The number of benzene rings is 2. The Labute approximate surface area is 158 Å². The van der Waals surface area contributed by atoms with Crippen LogP contribution in [-0.2, 0) is 14.3 Å². The Bertz CT molecular complexity index is 937. The molecule has 2 aromatic carbocycles. The largest absolute Gasteiger partial charge is 0.497 e. The molecule has 0 saturated heterocycles. The van der Waals surface area contributed by atoms with Gasteiger partial charge in [0.2, 0.25) is 5.78 Å². The summed E-state index contributed by atoms with van der Waals surface area (Å²) in [6.45, 7) is 3.74. The van der Waals surface area contributed by atoms with E-state index in [2.05, 4.69) is 0 Å². The smallest absolute Gasteiger partial charge is 0.343 e. The van der Waals surface area contributed by atoms with Crippen molar-refractivity contribution in [2.45, 2.75) is 13.8 Å². The maximum atomic E-state index is 13.0. The van der Waals surface area contributed by atoms with Gasteiger partial charge in [-0.05, 0) is 49.8 Å². The van der Waals surface area contributed by atoms with Gasteiger partial charge in [0, 0.05) is 11.4 Å². The van der Waals surface area contributed by atoms with Crippen molar-refractivity contribution in [1.29, 1.82) is 0 Å². The van der Waals surface area contributed by atoms with Gasteiger partial charge in [0.05, 0.1) is 19.9 Å². The highest BCUT2D eigenvalue weighted by molar-refractivity contribution is 6.30. The molecular formula is C22H21NO4. The summed E-state index contributed by atoms with van der Waals surface area (Å²) in [5.74, 6) is -0.252. The van der Waals surface area contributed by atoms with E-state index in [0.717, 1.165) is 22.6 Å². The number of esters is 1. The van der Waals surface area contributed by atoms with Crippen molar-refractivity contribution in [1.82, 2.24) is 0 Å². The molecule has 0 unspecified atom stereocenters. The lowest BCUT2D eigenvalue weighted by Gasteiger charge is -2.21. The van der Waals surface area contributed by atoms with Crippen molar-refractivity contribution >= 4 is 23.5 Å². The van der Waals surface area contributed by atoms with Gasteiger partial charge in [-0.1, -0.05) is 29.8 Å². The number of carbonyl (C=O) groups excluding carboxylic acids is 2. The molecule has 0 atom stereocenters. The second-order valence-corrected chi connectivity index (χ2v) is 6.25. The first-order valence-electron chi connectivity index (χ1n) is 8.52. The van der Waals surface area contributed by atoms with Crippen LogP contribution in [0.4, 0.5) is 5.69 Å². The lowest BCUT2D eigenvalue weighted by molar-refractivity contribution is -0.137. The zero-order valence-corrected chi connectivity index (χ0v) is 15.8. The highest BCUT2D eigenvalue weighted by atomic mass is 16.5. The summed E-state index contributed by atoms with van der Waals surface area (Å²) >= 11 is 0. The second-order valence-electron chi connectivity index (χ2n) is 6.25. The molecule has 0 fully saturated rings. The monoisotopic (exact) mass is 363 g/mol. The number of methoxy groups -OCH3 is 2. The summed E-state index contributed by atoms with van der Waals surface area (Å²) in [5.41, 5.74) is 3.76. The molecule has 1 aliphatic heterocycles. The van der Waals surface area contributed by atoms with Crippen molar-refractivity contribution in [3.63, 3.8) is 0 Å². The van der Waals surface area contributed by atoms with Crippen molar-refractivity contribution < 1.29 is 19.1 Å². The quantitative estimate of drug-likeness (QED) is 0.469. The summed E-state index contributed by atoms with van der Waals surface area (Å²) in [5, 5.41) is 0. The van der Waals surface area contributed by atoms with Crippen LogP contribution in [0, 0.1) is 6.92 Å². The lowest BCUT2D eigenvalue weighted by atomic mass is 10.1. The van der Waals surface area contributed by atoms with E-state index in [9.17, 15) is 9.59 Å². The molecule has 3 rings (SSSR count). The number of ether oxygens (including phenoxy) is 2. The topological polar surface area (TPSA) is 55.8 Å². The summed E-state index contributed by atoms with van der Waals surface area (Å²) in [7, 11) is 2.88. The Balaban J connectivity index is 2.11. The van der Waals surface area contributed by atoms with Crippen LogP contribution in [0.15, 0.2) is 65.5 Å². The van der Waals surface area contributed by atoms with Crippen LogP contribution in [0.5, 0.6) is 5.75 Å². The summed E-state index contributed by atoms with van der Waals surface area (Å²) in [4.78, 5) is 27.0. The molecule has 1 heterocycles. The van der Waals surface area contributed by atoms with E-state index < -0.39 is 5.97 Å². The lowest BCUT2D eigenvalue weighted by Crippen LogP contribution is -2.18. The molecule has 0 radical (unpaired) electrons. The molecule has 0 bridgehead atoms. The van der Waals surface area contributed by atoms with Crippen LogP contribution in [0.25, 0.3) is 6.08 Å². The van der Waals surface area contributed by atoms with E-state index in [4.69, 9.17) is 9.47 Å². The van der Waals surface area contributed by atoms with Gasteiger partial charge in [0.1, 0.15) is 11.3 Å². The number of hydrogen-bond donors (Lipinski definition) is 0. The molecule has 1 aliphatic rings. The minimum Gasteiger partial charge on any atom is -0.497 e. The zero-order valence-electron chi connectivity index (χ0n) is 15.8. The Hall–Kier alpha value is -3.34. The van der Waals surface area contributed by atoms with Gasteiger partial charge < -0.3 is 14.4 Å². The van der Waals surface area contributed by atoms with E-state index in [-0.39, 0.29) is 11.4 Å². The van der Waals surface area contributed by atoms with Crippen molar-refractivity contribution in [2.24, 2.45) is 0 Å². The predicted molar refractivity (Wildman–Crippen MR) is 104 cm³/mol. The minimum atomic E-state index is -0.632. The molecule has 0 spiro atoms. The first kappa shape index (κ1) is 18.5. The molecule has 27 heavy (non-hydrogen) atoms. The van der Waals surface area contributed by atoms with Crippen LogP contribution < -0.4 is 9.64 Å². The zero-order chi connectivity index (χ0) is 19.6. The van der Waals surface area contributed by atoms with Gasteiger partial charge in [-0.2, -0.15) is 0 Å². The molecule has 0 amide bonds. The van der Waals surface area contributed by atoms with Crippen LogP contribution in [-0.4, -0.2) is 26.0 Å². The number of ketones is 1. The van der Waals surface area contributed by atoms with E-state index in [1.165, 1.54) is 7.11 Å². The number of hydrogen-bond acceptors (Lipinski definition) is 5. The third-order valence-electron chi connectivity index (χ3n) is 4.50. The maximum absolute atomic E-state index is 13.0. The SMILES string of the molecule is COC(=O)C1=C(C)N(c2ccc(C)cc2)/C(=C/c2ccc(OC)cc2)C1=O. The van der Waals surface area contributed by atoms with Gasteiger partial charge in [-0.3, -0.25) is 4.79 Å². The molecule has 5 nitrogen and oxygen atoms in total. The summed E-state index contributed by atoms with van der Waals surface area (Å²) < 4.78 is 9.99. The molecular weight excluding hydrogens is 342 g/mol. The van der Waals surface area contributed by atoms with Crippen LogP contribution in [0.2, 0.25) is 0 Å². The average molecular weight is 363 g/mol. The fourth-order valence-electron chi connectivity index (χ4n) is 3.04. The summed E-state index contributed by atoms with van der Waals surface area (Å²) in [6.07, 6.45) is 1.76. The average Bonchev–Trinajstić information content (AvgIpc) is 2.92. The van der Waals surface area contributed by atoms with Gasteiger partial charge in [-0.25, -0.2) is 4.79 Å². The van der Waals surface area contributed by atoms with E-state index in [1.807, 2.05) is 55.5 Å². The molecule has 138 valence electrons. The van der Waals surface area contributed by atoms with Gasteiger partial charge in [0.15, 0.2) is 0 Å². The minimum absolute atomic E-state index is 0.0536. The first-order valence-corrected chi connectivity index (χ1v) is 8.52. The van der Waals surface area contributed by atoms with Crippen LogP contribution in [0.1, 0.15) is 18.1 Å². The van der Waals surface area contributed by atoms with Crippen molar-refractivity contribution in [3.8, 4) is 5.75 Å². The Morgan fingerprint density at radius 2 is 1.59 bits per heavy atom. The van der Waals surface area contributed by atoms with E-state index in [0.29, 0.717) is 11.4 Å². The number of aryl methyl sites for hydroxylation is 1. The maximum Gasteiger partial charge on any atom is 0.343 e. The van der Waals surface area contributed by atoms with Crippen LogP contribution >= 0.6 is 0 Å². The van der Waals surface area contributed by atoms with Crippen LogP contribution in [0.3, 0.4) is 0 Å². The molecule has 5 heteroatoms. The third kappa shape index (κ3) is 3.49. The second kappa shape index (κ2) is 7.50. The van der Waals surface area contributed by atoms with E-state index >= 15 is 0 Å². The molecule has 0 N–H and O–H groups in total. The van der Waals surface area contributed by atoms with Crippen molar-refractivity contribution in [3.05, 3.63) is 76.6 Å². The molecule has 0 saturated carbocycles. The standard InChI is InChI=1S/C22H21NO4/c1-14-5-9-17(10-6-14)23-15(2)20(22(25)27-4)21(24)19(23)13-16-7-11-18(26-3)12-8-16/h5-13H,1-4H3/b19-13+. The number of nitrogens with zero attached hydrogens (tertiary/aromatic N) is 1. The fraction of sp³-hybridized carbons (Fsp3) is 0.182.